The Kier molecular flexibility index (Phi) is 2.47. The van der Waals surface area contributed by atoms with Crippen LogP contribution in [0.1, 0.15) is 12.5 Å². The lowest BCUT2D eigenvalue weighted by atomic mass is 10.1. The van der Waals surface area contributed by atoms with Crippen molar-refractivity contribution in [2.24, 2.45) is 0 Å². The topological polar surface area (TPSA) is 26.0 Å². The molecule has 2 rings (SSSR count). The van der Waals surface area contributed by atoms with Gasteiger partial charge in [0.15, 0.2) is 0 Å². The maximum absolute atomic E-state index is 6.04. The van der Waals surface area contributed by atoms with Crippen LogP contribution in [0.2, 0.25) is 0 Å². The minimum atomic E-state index is 0.949. The van der Waals surface area contributed by atoms with Crippen LogP contribution in [0.5, 0.6) is 0 Å². The molecule has 1 heterocycles. The van der Waals surface area contributed by atoms with Crippen LogP contribution in [0.15, 0.2) is 17.5 Å². The van der Waals surface area contributed by atoms with Crippen molar-refractivity contribution in [1.82, 2.24) is 0 Å². The van der Waals surface area contributed by atoms with Crippen LogP contribution in [-0.2, 0) is 6.42 Å². The quantitative estimate of drug-likeness (QED) is 0.631. The van der Waals surface area contributed by atoms with Crippen molar-refractivity contribution in [2.75, 3.05) is 5.73 Å². The fourth-order valence-corrected chi connectivity index (χ4v) is 3.27. The van der Waals surface area contributed by atoms with Crippen LogP contribution in [-0.4, -0.2) is 0 Å². The summed E-state index contributed by atoms with van der Waals surface area (Å²) in [6.07, 6.45) is 1.05. The molecule has 0 aliphatic heterocycles. The lowest BCUT2D eigenvalue weighted by Gasteiger charge is -2.05. The number of aryl methyl sites for hydroxylation is 1. The van der Waals surface area contributed by atoms with Crippen molar-refractivity contribution in [3.8, 4) is 0 Å². The smallest absolute Gasteiger partial charge is 0.0633 e. The van der Waals surface area contributed by atoms with Crippen molar-refractivity contribution in [3.63, 3.8) is 0 Å². The Hall–Kier alpha value is -0.290. The highest BCUT2D eigenvalue weighted by molar-refractivity contribution is 14.1. The summed E-state index contributed by atoms with van der Waals surface area (Å²) < 4.78 is 2.44. The van der Waals surface area contributed by atoms with E-state index >= 15 is 0 Å². The number of hydrogen-bond donors (Lipinski definition) is 1. The van der Waals surface area contributed by atoms with Gasteiger partial charge in [-0.1, -0.05) is 6.92 Å². The molecule has 0 amide bonds. The number of anilines is 1. The zero-order chi connectivity index (χ0) is 9.42. The normalized spacial score (nSPS) is 10.9. The molecule has 3 heteroatoms. The van der Waals surface area contributed by atoms with Gasteiger partial charge in [0, 0.05) is 3.57 Å². The predicted molar refractivity (Wildman–Crippen MR) is 68.3 cm³/mol. The number of benzene rings is 1. The summed E-state index contributed by atoms with van der Waals surface area (Å²) >= 11 is 4.05. The lowest BCUT2D eigenvalue weighted by molar-refractivity contribution is 1.13. The second-order valence-electron chi connectivity index (χ2n) is 2.96. The first-order valence-corrected chi connectivity index (χ1v) is 6.14. The molecule has 1 nitrogen and oxygen atoms in total. The highest BCUT2D eigenvalue weighted by Gasteiger charge is 2.07. The van der Waals surface area contributed by atoms with Crippen molar-refractivity contribution in [3.05, 3.63) is 26.6 Å². The monoisotopic (exact) mass is 303 g/mol. The molecule has 13 heavy (non-hydrogen) atoms. The van der Waals surface area contributed by atoms with E-state index in [-0.39, 0.29) is 0 Å². The van der Waals surface area contributed by atoms with Gasteiger partial charge in [0.2, 0.25) is 0 Å². The second-order valence-corrected chi connectivity index (χ2v) is 4.95. The zero-order valence-corrected chi connectivity index (χ0v) is 10.3. The molecule has 1 aromatic carbocycles. The summed E-state index contributed by atoms with van der Waals surface area (Å²) in [5, 5.41) is 3.37. The number of nitrogen functional groups attached to an aromatic ring is 1. The van der Waals surface area contributed by atoms with Crippen molar-refractivity contribution >= 4 is 49.7 Å². The Labute approximate surface area is 95.1 Å². The van der Waals surface area contributed by atoms with Gasteiger partial charge in [-0.05, 0) is 57.5 Å². The number of halogens is 1. The highest BCUT2D eigenvalue weighted by atomic mass is 127. The number of rotatable bonds is 1. The average Bonchev–Trinajstić information content (AvgIpc) is 2.59. The fraction of sp³-hybridized carbons (Fsp3) is 0.200. The Morgan fingerprint density at radius 1 is 1.54 bits per heavy atom. The van der Waals surface area contributed by atoms with E-state index in [1.807, 2.05) is 0 Å². The van der Waals surface area contributed by atoms with Crippen LogP contribution < -0.4 is 5.73 Å². The summed E-state index contributed by atoms with van der Waals surface area (Å²) in [7, 11) is 0. The molecule has 0 saturated heterocycles. The molecule has 0 aliphatic rings. The van der Waals surface area contributed by atoms with E-state index < -0.39 is 0 Å². The first kappa shape index (κ1) is 9.27. The SMILES string of the molecule is CCc1cc2ccsc2c(N)c1I. The maximum Gasteiger partial charge on any atom is 0.0633 e. The van der Waals surface area contributed by atoms with Crippen LogP contribution in [0.25, 0.3) is 10.1 Å². The van der Waals surface area contributed by atoms with E-state index in [0.717, 1.165) is 12.1 Å². The summed E-state index contributed by atoms with van der Waals surface area (Å²) in [6, 6.07) is 4.37. The Bertz CT molecular complexity index is 447. The van der Waals surface area contributed by atoms with Crippen LogP contribution >= 0.6 is 33.9 Å². The molecule has 0 radical (unpaired) electrons. The molecular formula is C10H10INS. The minimum absolute atomic E-state index is 0.949. The van der Waals surface area contributed by atoms with Crippen molar-refractivity contribution in [1.29, 1.82) is 0 Å². The lowest BCUT2D eigenvalue weighted by Crippen LogP contribution is -1.94. The van der Waals surface area contributed by atoms with Crippen LogP contribution in [0, 0.1) is 3.57 Å². The van der Waals surface area contributed by atoms with Gasteiger partial charge in [-0.25, -0.2) is 0 Å². The minimum Gasteiger partial charge on any atom is -0.397 e. The van der Waals surface area contributed by atoms with Gasteiger partial charge in [-0.3, -0.25) is 0 Å². The molecular weight excluding hydrogens is 293 g/mol. The molecule has 0 fully saturated rings. The largest absolute Gasteiger partial charge is 0.397 e. The predicted octanol–water partition coefficient (Wildman–Crippen LogP) is 3.65. The van der Waals surface area contributed by atoms with E-state index in [9.17, 15) is 0 Å². The van der Waals surface area contributed by atoms with E-state index in [4.69, 9.17) is 5.73 Å². The molecule has 0 bridgehead atoms. The summed E-state index contributed by atoms with van der Waals surface area (Å²) in [4.78, 5) is 0. The highest BCUT2D eigenvalue weighted by Crippen LogP contribution is 2.33. The standard InChI is InChI=1S/C10H10INS/c1-2-6-5-7-3-4-13-10(7)9(12)8(6)11/h3-5H,2,12H2,1H3. The van der Waals surface area contributed by atoms with Gasteiger partial charge in [0.1, 0.15) is 0 Å². The van der Waals surface area contributed by atoms with Gasteiger partial charge in [-0.15, -0.1) is 11.3 Å². The molecule has 1 aromatic heterocycles. The summed E-state index contributed by atoms with van der Waals surface area (Å²) in [5.41, 5.74) is 8.34. The third-order valence-electron chi connectivity index (χ3n) is 2.17. The van der Waals surface area contributed by atoms with Crippen molar-refractivity contribution < 1.29 is 0 Å². The van der Waals surface area contributed by atoms with Gasteiger partial charge in [0.05, 0.1) is 10.4 Å². The third kappa shape index (κ3) is 1.44. The van der Waals surface area contributed by atoms with E-state index in [0.29, 0.717) is 0 Å². The summed E-state index contributed by atoms with van der Waals surface area (Å²) in [6.45, 7) is 2.16. The van der Waals surface area contributed by atoms with E-state index in [2.05, 4.69) is 47.0 Å². The van der Waals surface area contributed by atoms with Gasteiger partial charge in [-0.2, -0.15) is 0 Å². The number of fused-ring (bicyclic) bond motifs is 1. The fourth-order valence-electron chi connectivity index (χ4n) is 1.43. The third-order valence-corrected chi connectivity index (χ3v) is 4.41. The average molecular weight is 303 g/mol. The Morgan fingerprint density at radius 2 is 2.31 bits per heavy atom. The maximum atomic E-state index is 6.04. The first-order chi connectivity index (χ1) is 6.24. The molecule has 0 atom stereocenters. The molecule has 68 valence electrons. The van der Waals surface area contributed by atoms with Gasteiger partial charge < -0.3 is 5.73 Å². The molecule has 0 spiro atoms. The molecule has 2 N–H and O–H groups in total. The molecule has 2 aromatic rings. The van der Waals surface area contributed by atoms with Crippen LogP contribution in [0.3, 0.4) is 0 Å². The molecule has 0 unspecified atom stereocenters. The van der Waals surface area contributed by atoms with Gasteiger partial charge in [0.25, 0.3) is 0 Å². The van der Waals surface area contributed by atoms with Crippen molar-refractivity contribution in [2.45, 2.75) is 13.3 Å². The first-order valence-electron chi connectivity index (χ1n) is 4.18. The Balaban J connectivity index is 2.83. The van der Waals surface area contributed by atoms with E-state index in [1.54, 1.807) is 11.3 Å². The number of hydrogen-bond acceptors (Lipinski definition) is 2. The second kappa shape index (κ2) is 3.46. The molecule has 0 aliphatic carbocycles. The molecule has 0 saturated carbocycles. The van der Waals surface area contributed by atoms with Crippen LogP contribution in [0.4, 0.5) is 5.69 Å². The Morgan fingerprint density at radius 3 is 3.00 bits per heavy atom. The van der Waals surface area contributed by atoms with E-state index in [1.165, 1.54) is 19.2 Å². The summed E-state index contributed by atoms with van der Waals surface area (Å²) in [5.74, 6) is 0. The zero-order valence-electron chi connectivity index (χ0n) is 7.30. The van der Waals surface area contributed by atoms with Gasteiger partial charge >= 0.3 is 0 Å². The number of nitrogens with two attached hydrogens (primary N) is 1. The number of thiophene rings is 1.